The lowest BCUT2D eigenvalue weighted by Crippen LogP contribution is -2.40. The van der Waals surface area contributed by atoms with Crippen LogP contribution in [0.25, 0.3) is 0 Å². The topological polar surface area (TPSA) is 80.9 Å². The Hall–Kier alpha value is -3.02. The van der Waals surface area contributed by atoms with E-state index in [9.17, 15) is 0 Å². The molecule has 0 aromatic rings. The summed E-state index contributed by atoms with van der Waals surface area (Å²) in [4.78, 5) is 0. The van der Waals surface area contributed by atoms with E-state index < -0.39 is 5.92 Å². The first-order valence-corrected chi connectivity index (χ1v) is 8.48. The van der Waals surface area contributed by atoms with Gasteiger partial charge in [0.05, 0.1) is 23.4 Å². The van der Waals surface area contributed by atoms with E-state index in [4.69, 9.17) is 15.3 Å². The predicted molar refractivity (Wildman–Crippen MR) is 102 cm³/mol. The Balaban J connectivity index is 2.20. The highest BCUT2D eigenvalue weighted by atomic mass is 16.5. The molecule has 0 spiro atoms. The molecule has 1 aliphatic carbocycles. The standard InChI is InChI=1S/C21H24N4O/c1-15-11-17(16(2)18(13-22)14-23)12-20(26-15)7-10-21(25-4)8-5-19(24-3)6-9-21/h5-8,10-12,17-18,24-25H,2,9H2,1,3-4H3. The van der Waals surface area contributed by atoms with E-state index >= 15 is 0 Å². The summed E-state index contributed by atoms with van der Waals surface area (Å²) in [7, 11) is 3.82. The number of hydrogen-bond donors (Lipinski definition) is 2. The first-order valence-electron chi connectivity index (χ1n) is 8.48. The zero-order valence-electron chi connectivity index (χ0n) is 15.4. The number of nitriles is 2. The minimum atomic E-state index is -0.835. The summed E-state index contributed by atoms with van der Waals surface area (Å²) in [5, 5.41) is 24.7. The SMILES string of the molecule is C=C(C(C#N)C#N)C1C=C(C)OC(C=CC2(NC)C=CC(NC)=CC2)=C1. The van der Waals surface area contributed by atoms with Gasteiger partial charge in [-0.25, -0.2) is 0 Å². The van der Waals surface area contributed by atoms with Gasteiger partial charge in [0.2, 0.25) is 0 Å². The molecule has 0 bridgehead atoms. The maximum Gasteiger partial charge on any atom is 0.154 e. The molecular formula is C21H24N4O. The number of ether oxygens (including phenoxy) is 1. The normalized spacial score (nSPS) is 24.8. The lowest BCUT2D eigenvalue weighted by Gasteiger charge is -2.29. The van der Waals surface area contributed by atoms with Crippen LogP contribution in [0.15, 0.2) is 71.9 Å². The average Bonchev–Trinajstić information content (AvgIpc) is 2.67. The molecule has 0 aromatic carbocycles. The number of hydrogen-bond acceptors (Lipinski definition) is 5. The second-order valence-electron chi connectivity index (χ2n) is 6.31. The van der Waals surface area contributed by atoms with Crippen molar-refractivity contribution in [1.82, 2.24) is 10.6 Å². The van der Waals surface area contributed by atoms with Crippen LogP contribution in [0.2, 0.25) is 0 Å². The Labute approximate surface area is 155 Å². The van der Waals surface area contributed by atoms with Crippen LogP contribution in [0, 0.1) is 34.5 Å². The Kier molecular flexibility index (Phi) is 6.22. The molecule has 0 amide bonds. The largest absolute Gasteiger partial charge is 0.463 e. The highest BCUT2D eigenvalue weighted by molar-refractivity contribution is 5.37. The van der Waals surface area contributed by atoms with Crippen LogP contribution >= 0.6 is 0 Å². The summed E-state index contributed by atoms with van der Waals surface area (Å²) in [6.45, 7) is 5.79. The molecule has 0 saturated carbocycles. The maximum absolute atomic E-state index is 9.09. The van der Waals surface area contributed by atoms with Crippen molar-refractivity contribution >= 4 is 0 Å². The third-order valence-electron chi connectivity index (χ3n) is 4.61. The average molecular weight is 348 g/mol. The molecule has 5 nitrogen and oxygen atoms in total. The number of likely N-dealkylation sites (N-methyl/N-ethyl adjacent to an activating group) is 2. The number of nitrogens with zero attached hydrogens (tertiary/aromatic N) is 2. The van der Waals surface area contributed by atoms with Crippen molar-refractivity contribution in [3.63, 3.8) is 0 Å². The molecule has 0 radical (unpaired) electrons. The van der Waals surface area contributed by atoms with Gasteiger partial charge in [0.15, 0.2) is 5.92 Å². The highest BCUT2D eigenvalue weighted by Gasteiger charge is 2.25. The number of nitrogens with one attached hydrogen (secondary N) is 2. The monoisotopic (exact) mass is 348 g/mol. The van der Waals surface area contributed by atoms with Gasteiger partial charge in [-0.15, -0.1) is 0 Å². The Morgan fingerprint density at radius 1 is 1.38 bits per heavy atom. The van der Waals surface area contributed by atoms with Gasteiger partial charge in [0, 0.05) is 18.7 Å². The molecule has 1 heterocycles. The zero-order valence-corrected chi connectivity index (χ0v) is 15.4. The minimum absolute atomic E-state index is 0.198. The van der Waals surface area contributed by atoms with Gasteiger partial charge >= 0.3 is 0 Å². The third kappa shape index (κ3) is 4.33. The van der Waals surface area contributed by atoms with Crippen LogP contribution in [0.1, 0.15) is 13.3 Å². The van der Waals surface area contributed by atoms with E-state index in [1.54, 1.807) is 0 Å². The summed E-state index contributed by atoms with van der Waals surface area (Å²) in [6, 6.07) is 3.95. The van der Waals surface area contributed by atoms with Crippen molar-refractivity contribution < 1.29 is 4.74 Å². The summed E-state index contributed by atoms with van der Waals surface area (Å²) in [5.41, 5.74) is 1.37. The molecule has 0 aromatic heterocycles. The van der Waals surface area contributed by atoms with Crippen LogP contribution < -0.4 is 10.6 Å². The molecule has 1 aliphatic heterocycles. The summed E-state index contributed by atoms with van der Waals surface area (Å²) >= 11 is 0. The Bertz CT molecular complexity index is 787. The van der Waals surface area contributed by atoms with E-state index in [1.807, 2.05) is 57.5 Å². The van der Waals surface area contributed by atoms with E-state index in [0.717, 1.165) is 17.9 Å². The van der Waals surface area contributed by atoms with Gasteiger partial charge in [-0.3, -0.25) is 0 Å². The van der Waals surface area contributed by atoms with E-state index in [0.29, 0.717) is 11.3 Å². The minimum Gasteiger partial charge on any atom is -0.463 e. The van der Waals surface area contributed by atoms with Gasteiger partial charge in [0.25, 0.3) is 0 Å². The third-order valence-corrected chi connectivity index (χ3v) is 4.61. The number of rotatable bonds is 6. The molecule has 2 atom stereocenters. The molecule has 2 rings (SSSR count). The lowest BCUT2D eigenvalue weighted by atomic mass is 9.87. The zero-order chi connectivity index (χ0) is 19.2. The fraction of sp³-hybridized carbons (Fsp3) is 0.333. The quantitative estimate of drug-likeness (QED) is 0.720. The van der Waals surface area contributed by atoms with Crippen LogP contribution in [-0.4, -0.2) is 19.6 Å². The number of allylic oxidation sites excluding steroid dienone is 6. The van der Waals surface area contributed by atoms with E-state index in [-0.39, 0.29) is 11.5 Å². The highest BCUT2D eigenvalue weighted by Crippen LogP contribution is 2.29. The lowest BCUT2D eigenvalue weighted by molar-refractivity contribution is 0.306. The van der Waals surface area contributed by atoms with Crippen molar-refractivity contribution in [3.05, 3.63) is 71.9 Å². The van der Waals surface area contributed by atoms with Crippen LogP contribution in [0.5, 0.6) is 0 Å². The van der Waals surface area contributed by atoms with Crippen molar-refractivity contribution in [2.75, 3.05) is 14.1 Å². The molecule has 134 valence electrons. The molecule has 2 aliphatic rings. The van der Waals surface area contributed by atoms with Gasteiger partial charge in [0.1, 0.15) is 5.76 Å². The Morgan fingerprint density at radius 2 is 2.12 bits per heavy atom. The smallest absolute Gasteiger partial charge is 0.154 e. The first kappa shape index (κ1) is 19.3. The molecule has 0 saturated heterocycles. The second-order valence-corrected chi connectivity index (χ2v) is 6.31. The van der Waals surface area contributed by atoms with Crippen molar-refractivity contribution in [2.24, 2.45) is 11.8 Å². The van der Waals surface area contributed by atoms with Gasteiger partial charge in [-0.2, -0.15) is 10.5 Å². The van der Waals surface area contributed by atoms with Crippen molar-refractivity contribution in [2.45, 2.75) is 18.9 Å². The molecule has 26 heavy (non-hydrogen) atoms. The molecule has 2 N–H and O–H groups in total. The van der Waals surface area contributed by atoms with Crippen molar-refractivity contribution in [1.29, 1.82) is 10.5 Å². The fourth-order valence-corrected chi connectivity index (χ4v) is 2.88. The van der Waals surface area contributed by atoms with E-state index in [2.05, 4.69) is 35.4 Å². The van der Waals surface area contributed by atoms with Gasteiger partial charge < -0.3 is 15.4 Å². The van der Waals surface area contributed by atoms with Crippen LogP contribution in [-0.2, 0) is 4.74 Å². The van der Waals surface area contributed by atoms with Gasteiger partial charge in [-0.1, -0.05) is 24.8 Å². The predicted octanol–water partition coefficient (Wildman–Crippen LogP) is 3.22. The first-order chi connectivity index (χ1) is 12.5. The summed E-state index contributed by atoms with van der Waals surface area (Å²) in [6.07, 6.45) is 14.8. The van der Waals surface area contributed by atoms with Crippen LogP contribution in [0.3, 0.4) is 0 Å². The van der Waals surface area contributed by atoms with E-state index in [1.165, 1.54) is 0 Å². The summed E-state index contributed by atoms with van der Waals surface area (Å²) in [5.74, 6) is 0.370. The van der Waals surface area contributed by atoms with Gasteiger partial charge in [-0.05, 0) is 50.3 Å². The maximum atomic E-state index is 9.09. The molecular weight excluding hydrogens is 324 g/mol. The summed E-state index contributed by atoms with van der Waals surface area (Å²) < 4.78 is 5.79. The Morgan fingerprint density at radius 3 is 2.65 bits per heavy atom. The van der Waals surface area contributed by atoms with Crippen molar-refractivity contribution in [3.8, 4) is 12.1 Å². The molecule has 5 heteroatoms. The molecule has 0 fully saturated rings. The van der Waals surface area contributed by atoms with Crippen LogP contribution in [0.4, 0.5) is 0 Å². The molecule has 2 unspecified atom stereocenters. The second kappa shape index (κ2) is 8.38. The fourth-order valence-electron chi connectivity index (χ4n) is 2.88.